The predicted octanol–water partition coefficient (Wildman–Crippen LogP) is 4.05. The zero-order valence-corrected chi connectivity index (χ0v) is 22.8. The van der Waals surface area contributed by atoms with Crippen molar-refractivity contribution in [2.24, 2.45) is 13.0 Å². The van der Waals surface area contributed by atoms with Crippen LogP contribution in [0.15, 0.2) is 48.5 Å². The van der Waals surface area contributed by atoms with Crippen molar-refractivity contribution in [3.63, 3.8) is 0 Å². The van der Waals surface area contributed by atoms with Crippen molar-refractivity contribution in [1.29, 1.82) is 5.26 Å². The lowest BCUT2D eigenvalue weighted by Crippen LogP contribution is -2.13. The molecule has 0 N–H and O–H groups in total. The number of carbonyl (C=O) groups excluding carboxylic acids is 1. The van der Waals surface area contributed by atoms with Crippen LogP contribution in [0.25, 0.3) is 16.7 Å². The molecule has 0 amide bonds. The lowest BCUT2D eigenvalue weighted by Gasteiger charge is -2.22. The first kappa shape index (κ1) is 25.2. The molecule has 0 bridgehead atoms. The van der Waals surface area contributed by atoms with E-state index in [9.17, 15) is 4.79 Å². The third-order valence-electron chi connectivity index (χ3n) is 6.80. The largest absolute Gasteiger partial charge is 0.472 e. The monoisotopic (exact) mass is 527 g/mol. The van der Waals surface area contributed by atoms with E-state index in [4.69, 9.17) is 20.0 Å². The second-order valence-electron chi connectivity index (χ2n) is 9.26. The van der Waals surface area contributed by atoms with E-state index in [2.05, 4.69) is 35.6 Å². The minimum absolute atomic E-state index is 0.380. The van der Waals surface area contributed by atoms with Crippen LogP contribution < -0.4 is 15.3 Å². The zero-order valence-electron chi connectivity index (χ0n) is 20.5. The molecular weight excluding hydrogens is 500 g/mol. The van der Waals surface area contributed by atoms with E-state index in [0.717, 1.165) is 70.8 Å². The van der Waals surface area contributed by atoms with E-state index in [1.807, 2.05) is 41.9 Å². The lowest BCUT2D eigenvalue weighted by atomic mass is 9.86. The number of aromatic nitrogens is 4. The van der Waals surface area contributed by atoms with Gasteiger partial charge in [0.15, 0.2) is 11.9 Å². The summed E-state index contributed by atoms with van der Waals surface area (Å²) in [6.45, 7) is 0.380. The molecule has 0 fully saturated rings. The molecule has 0 aliphatic heterocycles. The van der Waals surface area contributed by atoms with Crippen molar-refractivity contribution in [3.05, 3.63) is 76.9 Å². The number of benzene rings is 1. The Bertz CT molecular complexity index is 1570. The second-order valence-corrected chi connectivity index (χ2v) is 10.5. The number of nitrogens with zero attached hydrogens (tertiary/aromatic N) is 5. The van der Waals surface area contributed by atoms with E-state index in [1.165, 1.54) is 5.57 Å². The molecule has 0 spiro atoms. The van der Waals surface area contributed by atoms with Crippen LogP contribution in [-0.2, 0) is 20.1 Å². The van der Waals surface area contributed by atoms with Crippen molar-refractivity contribution < 1.29 is 9.53 Å². The average Bonchev–Trinajstić information content (AvgIpc) is 3.23. The summed E-state index contributed by atoms with van der Waals surface area (Å²) < 4.78 is 8.07. The van der Waals surface area contributed by atoms with Gasteiger partial charge in [-0.3, -0.25) is 4.79 Å². The Morgan fingerprint density at radius 1 is 1.14 bits per heavy atom. The number of ether oxygens (including phenoxy) is 1. The molecule has 0 saturated carbocycles. The Morgan fingerprint density at radius 3 is 2.73 bits per heavy atom. The molecular formula is C28H27N5O2P2. The first-order valence-electron chi connectivity index (χ1n) is 12.1. The maximum absolute atomic E-state index is 11.1. The fraction of sp³-hybridized carbons (Fsp3) is 0.250. The number of pyridine rings is 2. The fourth-order valence-corrected chi connectivity index (χ4v) is 5.23. The number of hydrogen-bond donors (Lipinski definition) is 0. The standard InChI is InChI=1S/C28H27N5O2P2/c1-33-26(31-23-9-8-21(15-34)30-27(23)33)13-17-2-5-19(6-3-17)22-10-11-24(36)28(32-22)35-16-20-7-4-18(14-29)12-25(20)37/h4-5,7-12,15,17H,2-3,6,13,16,36-37H2,1H3. The van der Waals surface area contributed by atoms with E-state index < -0.39 is 0 Å². The number of aldehydes is 1. The van der Waals surface area contributed by atoms with Crippen LogP contribution in [0, 0.1) is 17.2 Å². The SMILES string of the molecule is Cn1c(CC2CC=C(c3ccc(P)c(OCc4ccc(C#N)cc4P)n3)CC2)nc2ccc(C=O)nc21. The van der Waals surface area contributed by atoms with Gasteiger partial charge in [-0.1, -0.05) is 21.4 Å². The normalized spacial score (nSPS) is 15.3. The number of imidazole rings is 1. The van der Waals surface area contributed by atoms with Crippen LogP contribution in [0.4, 0.5) is 0 Å². The quantitative estimate of drug-likeness (QED) is 0.266. The molecule has 186 valence electrons. The molecule has 9 heteroatoms. The Morgan fingerprint density at radius 2 is 2.00 bits per heavy atom. The van der Waals surface area contributed by atoms with Gasteiger partial charge >= 0.3 is 0 Å². The van der Waals surface area contributed by atoms with Crippen molar-refractivity contribution in [2.75, 3.05) is 0 Å². The highest BCUT2D eigenvalue weighted by Crippen LogP contribution is 2.32. The van der Waals surface area contributed by atoms with Gasteiger partial charge in [-0.25, -0.2) is 15.0 Å². The lowest BCUT2D eigenvalue weighted by molar-refractivity contribution is 0.111. The summed E-state index contributed by atoms with van der Waals surface area (Å²) in [6.07, 6.45) is 6.85. The molecule has 3 unspecified atom stereocenters. The van der Waals surface area contributed by atoms with Crippen molar-refractivity contribution >= 4 is 52.1 Å². The maximum Gasteiger partial charge on any atom is 0.221 e. The maximum atomic E-state index is 11.1. The second kappa shape index (κ2) is 10.9. The van der Waals surface area contributed by atoms with Gasteiger partial charge in [0.05, 0.1) is 17.3 Å². The summed E-state index contributed by atoms with van der Waals surface area (Å²) in [4.78, 5) is 25.1. The third-order valence-corrected chi connectivity index (χ3v) is 7.78. The number of nitriles is 1. The topological polar surface area (TPSA) is 93.7 Å². The molecule has 3 aromatic heterocycles. The number of allylic oxidation sites excluding steroid dienone is 2. The van der Waals surface area contributed by atoms with E-state index in [-0.39, 0.29) is 0 Å². The van der Waals surface area contributed by atoms with E-state index in [0.29, 0.717) is 29.7 Å². The zero-order chi connectivity index (χ0) is 25.9. The van der Waals surface area contributed by atoms with Gasteiger partial charge in [0.1, 0.15) is 23.6 Å². The van der Waals surface area contributed by atoms with Gasteiger partial charge in [0.25, 0.3) is 0 Å². The van der Waals surface area contributed by atoms with Crippen LogP contribution in [0.3, 0.4) is 0 Å². The Balaban J connectivity index is 1.26. The number of carbonyl (C=O) groups is 1. The minimum Gasteiger partial charge on any atom is -0.472 e. The van der Waals surface area contributed by atoms with Crippen molar-refractivity contribution in [2.45, 2.75) is 32.3 Å². The summed E-state index contributed by atoms with van der Waals surface area (Å²) in [5.41, 5.74) is 5.79. The summed E-state index contributed by atoms with van der Waals surface area (Å²) in [5.74, 6) is 2.07. The first-order chi connectivity index (χ1) is 17.9. The van der Waals surface area contributed by atoms with E-state index >= 15 is 0 Å². The summed E-state index contributed by atoms with van der Waals surface area (Å²) in [7, 11) is 7.32. The summed E-state index contributed by atoms with van der Waals surface area (Å²) >= 11 is 0. The molecule has 1 aromatic carbocycles. The van der Waals surface area contributed by atoms with Crippen molar-refractivity contribution in [1.82, 2.24) is 19.5 Å². The van der Waals surface area contributed by atoms with E-state index in [1.54, 1.807) is 12.1 Å². The Kier molecular flexibility index (Phi) is 7.42. The summed E-state index contributed by atoms with van der Waals surface area (Å²) in [5, 5.41) is 10.9. The molecule has 3 heterocycles. The molecule has 5 rings (SSSR count). The summed E-state index contributed by atoms with van der Waals surface area (Å²) in [6, 6.07) is 15.3. The fourth-order valence-electron chi connectivity index (χ4n) is 4.63. The van der Waals surface area contributed by atoms with Crippen LogP contribution in [0.2, 0.25) is 0 Å². The highest BCUT2D eigenvalue weighted by molar-refractivity contribution is 7.27. The smallest absolute Gasteiger partial charge is 0.221 e. The predicted molar refractivity (Wildman–Crippen MR) is 151 cm³/mol. The molecule has 0 radical (unpaired) electrons. The molecule has 37 heavy (non-hydrogen) atoms. The van der Waals surface area contributed by atoms with Crippen LogP contribution in [-0.4, -0.2) is 25.8 Å². The van der Waals surface area contributed by atoms with Gasteiger partial charge in [-0.05, 0) is 78.0 Å². The molecule has 4 aromatic rings. The Labute approximate surface area is 220 Å². The minimum atomic E-state index is 0.380. The van der Waals surface area contributed by atoms with Gasteiger partial charge in [-0.15, -0.1) is 9.24 Å². The van der Waals surface area contributed by atoms with Crippen LogP contribution in [0.1, 0.15) is 52.4 Å². The van der Waals surface area contributed by atoms with Crippen LogP contribution in [0.5, 0.6) is 5.88 Å². The third kappa shape index (κ3) is 5.47. The van der Waals surface area contributed by atoms with Gasteiger partial charge in [0.2, 0.25) is 5.88 Å². The highest BCUT2D eigenvalue weighted by atomic mass is 31.0. The van der Waals surface area contributed by atoms with Crippen molar-refractivity contribution in [3.8, 4) is 11.9 Å². The molecule has 0 saturated heterocycles. The van der Waals surface area contributed by atoms with Gasteiger partial charge < -0.3 is 9.30 Å². The average molecular weight is 528 g/mol. The molecule has 3 atom stereocenters. The number of fused-ring (bicyclic) bond motifs is 1. The number of rotatable bonds is 7. The first-order valence-corrected chi connectivity index (χ1v) is 13.3. The molecule has 1 aliphatic carbocycles. The molecule has 1 aliphatic rings. The van der Waals surface area contributed by atoms with Gasteiger partial charge in [-0.2, -0.15) is 5.26 Å². The Hall–Kier alpha value is -3.45. The number of hydrogen-bond acceptors (Lipinski definition) is 6. The van der Waals surface area contributed by atoms with Gasteiger partial charge in [0, 0.05) is 18.8 Å². The number of aryl methyl sites for hydroxylation is 1. The van der Waals surface area contributed by atoms with Crippen LogP contribution >= 0.6 is 18.5 Å². The highest BCUT2D eigenvalue weighted by Gasteiger charge is 2.20. The molecule has 7 nitrogen and oxygen atoms in total.